The minimum absolute atomic E-state index is 0.176. The summed E-state index contributed by atoms with van der Waals surface area (Å²) in [5, 5.41) is 3.40. The number of thioether (sulfide) groups is 1. The number of rotatable bonds is 4. The summed E-state index contributed by atoms with van der Waals surface area (Å²) in [6, 6.07) is 11.6. The van der Waals surface area contributed by atoms with Gasteiger partial charge >= 0.3 is 0 Å². The van der Waals surface area contributed by atoms with Crippen molar-refractivity contribution in [2.75, 3.05) is 14.2 Å². The molecule has 0 radical (unpaired) electrons. The lowest BCUT2D eigenvalue weighted by Gasteiger charge is -2.10. The Hall–Kier alpha value is -2.73. The molecule has 0 unspecified atom stereocenters. The second-order valence-electron chi connectivity index (χ2n) is 5.80. The van der Waals surface area contributed by atoms with Gasteiger partial charge in [0.15, 0.2) is 16.7 Å². The van der Waals surface area contributed by atoms with Crippen molar-refractivity contribution in [1.29, 1.82) is 0 Å². The van der Waals surface area contributed by atoms with Crippen LogP contribution in [-0.2, 0) is 4.79 Å². The molecule has 2 aromatic carbocycles. The van der Waals surface area contributed by atoms with Gasteiger partial charge < -0.3 is 14.8 Å². The molecular weight excluding hydrogens is 348 g/mol. The van der Waals surface area contributed by atoms with Gasteiger partial charge in [0.25, 0.3) is 5.91 Å². The Morgan fingerprint density at radius 3 is 2.38 bits per heavy atom. The van der Waals surface area contributed by atoms with Crippen molar-refractivity contribution in [3.05, 3.63) is 58.0 Å². The fourth-order valence-electron chi connectivity index (χ4n) is 2.73. The molecule has 1 fully saturated rings. The summed E-state index contributed by atoms with van der Waals surface area (Å²) in [6.07, 6.45) is 1.79. The van der Waals surface area contributed by atoms with E-state index in [-0.39, 0.29) is 5.91 Å². The van der Waals surface area contributed by atoms with Crippen LogP contribution < -0.4 is 14.8 Å². The van der Waals surface area contributed by atoms with Crippen LogP contribution in [0.4, 0.5) is 5.69 Å². The fraction of sp³-hybridized carbons (Fsp3) is 0.200. The van der Waals surface area contributed by atoms with Gasteiger partial charge in [0.1, 0.15) is 0 Å². The van der Waals surface area contributed by atoms with Crippen LogP contribution in [0.5, 0.6) is 11.5 Å². The normalized spacial score (nSPS) is 16.8. The zero-order valence-corrected chi connectivity index (χ0v) is 15.9. The predicted octanol–water partition coefficient (Wildman–Crippen LogP) is 4.21. The highest BCUT2D eigenvalue weighted by atomic mass is 32.2. The maximum absolute atomic E-state index is 12.4. The number of hydrogen-bond donors (Lipinski definition) is 1. The number of carbonyl (C=O) groups is 1. The van der Waals surface area contributed by atoms with Crippen LogP contribution in [0.15, 0.2) is 46.3 Å². The van der Waals surface area contributed by atoms with E-state index in [9.17, 15) is 4.79 Å². The molecule has 0 atom stereocenters. The van der Waals surface area contributed by atoms with Gasteiger partial charge in [0.05, 0.1) is 24.8 Å². The van der Waals surface area contributed by atoms with Gasteiger partial charge in [-0.1, -0.05) is 30.3 Å². The molecule has 1 aliphatic rings. The lowest BCUT2D eigenvalue weighted by atomic mass is 10.1. The number of methoxy groups -OCH3 is 2. The van der Waals surface area contributed by atoms with Crippen molar-refractivity contribution in [1.82, 2.24) is 5.32 Å². The van der Waals surface area contributed by atoms with E-state index in [1.807, 2.05) is 50.2 Å². The summed E-state index contributed by atoms with van der Waals surface area (Å²) in [5.41, 5.74) is 3.80. The third-order valence-corrected chi connectivity index (χ3v) is 4.93. The molecule has 1 heterocycles. The third-order valence-electron chi connectivity index (χ3n) is 4.02. The number of amides is 1. The van der Waals surface area contributed by atoms with Crippen LogP contribution in [0.1, 0.15) is 16.7 Å². The van der Waals surface area contributed by atoms with Crippen molar-refractivity contribution < 1.29 is 14.3 Å². The second-order valence-corrected chi connectivity index (χ2v) is 6.84. The summed E-state index contributed by atoms with van der Waals surface area (Å²) in [4.78, 5) is 17.5. The zero-order valence-electron chi connectivity index (χ0n) is 15.1. The van der Waals surface area contributed by atoms with Gasteiger partial charge in [-0.25, -0.2) is 4.99 Å². The Morgan fingerprint density at radius 1 is 1.04 bits per heavy atom. The standard InChI is InChI=1S/C20H20N2O3S/c1-12-7-5-8-13(2)17(12)21-20-22-19(23)16(26-20)11-14-9-6-10-15(24-3)18(14)25-4/h5-11H,1-4H3,(H,21,22,23)/b16-11-. The zero-order chi connectivity index (χ0) is 18.7. The maximum atomic E-state index is 12.4. The highest BCUT2D eigenvalue weighted by molar-refractivity contribution is 8.18. The number of aliphatic imine (C=N–C) groups is 1. The Bertz CT molecular complexity index is 899. The Labute approximate surface area is 157 Å². The Morgan fingerprint density at radius 2 is 1.73 bits per heavy atom. The van der Waals surface area contributed by atoms with E-state index in [4.69, 9.17) is 9.47 Å². The highest BCUT2D eigenvalue weighted by Crippen LogP contribution is 2.35. The van der Waals surface area contributed by atoms with Crippen molar-refractivity contribution >= 4 is 34.6 Å². The molecule has 1 N–H and O–H groups in total. The minimum atomic E-state index is -0.176. The summed E-state index contributed by atoms with van der Waals surface area (Å²) in [6.45, 7) is 4.01. The molecule has 1 aliphatic heterocycles. The lowest BCUT2D eigenvalue weighted by molar-refractivity contribution is -0.115. The summed E-state index contributed by atoms with van der Waals surface area (Å²) in [5.74, 6) is 1.04. The summed E-state index contributed by atoms with van der Waals surface area (Å²) >= 11 is 1.31. The van der Waals surface area contributed by atoms with Crippen molar-refractivity contribution in [2.24, 2.45) is 4.99 Å². The van der Waals surface area contributed by atoms with Gasteiger partial charge in [-0.3, -0.25) is 4.79 Å². The van der Waals surface area contributed by atoms with Crippen LogP contribution in [0, 0.1) is 13.8 Å². The molecule has 2 aromatic rings. The average molecular weight is 368 g/mol. The largest absolute Gasteiger partial charge is 0.493 e. The number of para-hydroxylation sites is 2. The molecule has 6 heteroatoms. The molecule has 26 heavy (non-hydrogen) atoms. The fourth-order valence-corrected chi connectivity index (χ4v) is 3.55. The number of nitrogens with one attached hydrogen (secondary N) is 1. The van der Waals surface area contributed by atoms with Gasteiger partial charge in [0, 0.05) is 5.56 Å². The summed E-state index contributed by atoms with van der Waals surface area (Å²) in [7, 11) is 3.16. The molecule has 5 nitrogen and oxygen atoms in total. The first-order valence-corrected chi connectivity index (χ1v) is 8.92. The topological polar surface area (TPSA) is 59.9 Å². The van der Waals surface area contributed by atoms with Crippen molar-refractivity contribution in [3.8, 4) is 11.5 Å². The molecule has 1 amide bonds. The van der Waals surface area contributed by atoms with E-state index in [2.05, 4.69) is 10.3 Å². The third kappa shape index (κ3) is 3.60. The second kappa shape index (κ2) is 7.66. The summed E-state index contributed by atoms with van der Waals surface area (Å²) < 4.78 is 10.7. The van der Waals surface area contributed by atoms with Gasteiger partial charge in [-0.15, -0.1) is 0 Å². The van der Waals surface area contributed by atoms with Crippen LogP contribution >= 0.6 is 11.8 Å². The molecule has 0 aliphatic carbocycles. The van der Waals surface area contributed by atoms with Crippen LogP contribution in [-0.4, -0.2) is 25.3 Å². The minimum Gasteiger partial charge on any atom is -0.493 e. The monoisotopic (exact) mass is 368 g/mol. The molecule has 0 aromatic heterocycles. The van der Waals surface area contributed by atoms with E-state index in [0.29, 0.717) is 21.6 Å². The average Bonchev–Trinajstić information content (AvgIpc) is 2.97. The number of carbonyl (C=O) groups excluding carboxylic acids is 1. The van der Waals surface area contributed by atoms with E-state index < -0.39 is 0 Å². The SMILES string of the molecule is COc1cccc(/C=C2\SC(=Nc3c(C)cccc3C)NC2=O)c1OC. The van der Waals surface area contributed by atoms with E-state index >= 15 is 0 Å². The Balaban J connectivity index is 1.94. The first-order chi connectivity index (χ1) is 12.5. The molecule has 3 rings (SSSR count). The van der Waals surface area contributed by atoms with Crippen LogP contribution in [0.3, 0.4) is 0 Å². The quantitative estimate of drug-likeness (QED) is 0.821. The molecule has 0 spiro atoms. The first kappa shape index (κ1) is 18.1. The number of hydrogen-bond acceptors (Lipinski definition) is 5. The van der Waals surface area contributed by atoms with E-state index in [0.717, 1.165) is 22.4 Å². The van der Waals surface area contributed by atoms with Gasteiger partial charge in [-0.05, 0) is 48.9 Å². The van der Waals surface area contributed by atoms with Crippen molar-refractivity contribution in [2.45, 2.75) is 13.8 Å². The van der Waals surface area contributed by atoms with E-state index in [1.54, 1.807) is 20.3 Å². The molecular formula is C20H20N2O3S. The van der Waals surface area contributed by atoms with E-state index in [1.165, 1.54) is 11.8 Å². The molecule has 134 valence electrons. The molecule has 0 saturated carbocycles. The van der Waals surface area contributed by atoms with Crippen LogP contribution in [0.2, 0.25) is 0 Å². The number of nitrogens with zero attached hydrogens (tertiary/aromatic N) is 1. The number of amidine groups is 1. The number of ether oxygens (including phenoxy) is 2. The predicted molar refractivity (Wildman–Crippen MR) is 106 cm³/mol. The highest BCUT2D eigenvalue weighted by Gasteiger charge is 2.25. The maximum Gasteiger partial charge on any atom is 0.264 e. The molecule has 1 saturated heterocycles. The molecule has 0 bridgehead atoms. The smallest absolute Gasteiger partial charge is 0.264 e. The van der Waals surface area contributed by atoms with Gasteiger partial charge in [0.2, 0.25) is 0 Å². The first-order valence-electron chi connectivity index (χ1n) is 8.10. The van der Waals surface area contributed by atoms with Crippen molar-refractivity contribution in [3.63, 3.8) is 0 Å². The van der Waals surface area contributed by atoms with Gasteiger partial charge in [-0.2, -0.15) is 0 Å². The number of aryl methyl sites for hydroxylation is 2. The number of benzene rings is 2. The van der Waals surface area contributed by atoms with Crippen LogP contribution in [0.25, 0.3) is 6.08 Å². The lowest BCUT2D eigenvalue weighted by Crippen LogP contribution is -2.19. The Kier molecular flexibility index (Phi) is 5.32.